The van der Waals surface area contributed by atoms with Crippen molar-refractivity contribution in [2.75, 3.05) is 25.4 Å². The quantitative estimate of drug-likeness (QED) is 0.177. The van der Waals surface area contributed by atoms with Gasteiger partial charge >= 0.3 is 0 Å². The Hall–Kier alpha value is -1.36. The Kier molecular flexibility index (Phi) is 12.2. The van der Waals surface area contributed by atoms with E-state index in [1.54, 1.807) is 18.2 Å². The monoisotopic (exact) mass is 536 g/mol. The van der Waals surface area contributed by atoms with Crippen molar-refractivity contribution in [3.05, 3.63) is 29.8 Å². The lowest BCUT2D eigenvalue weighted by molar-refractivity contribution is 0.0952. The molecule has 1 saturated carbocycles. The van der Waals surface area contributed by atoms with E-state index in [1.165, 1.54) is 6.07 Å². The highest BCUT2D eigenvalue weighted by atomic mass is 127. The molecule has 1 amide bonds. The minimum atomic E-state index is -0.753. The number of halogens is 1. The summed E-state index contributed by atoms with van der Waals surface area (Å²) in [6.45, 7) is 5.52. The van der Waals surface area contributed by atoms with Crippen molar-refractivity contribution in [1.82, 2.24) is 16.0 Å². The summed E-state index contributed by atoms with van der Waals surface area (Å²) in [6, 6.07) is 6.73. The fourth-order valence-electron chi connectivity index (χ4n) is 3.36. The van der Waals surface area contributed by atoms with E-state index >= 15 is 0 Å². The summed E-state index contributed by atoms with van der Waals surface area (Å²) in [4.78, 5) is 16.6. The Balaban J connectivity index is 0.00000420. The van der Waals surface area contributed by atoms with Crippen molar-refractivity contribution < 1.29 is 14.1 Å². The van der Waals surface area contributed by atoms with Gasteiger partial charge in [0, 0.05) is 40.9 Å². The Morgan fingerprint density at radius 2 is 2.00 bits per heavy atom. The van der Waals surface area contributed by atoms with Crippen LogP contribution in [0.15, 0.2) is 29.3 Å². The van der Waals surface area contributed by atoms with Crippen LogP contribution in [0.5, 0.6) is 5.75 Å². The van der Waals surface area contributed by atoms with Crippen molar-refractivity contribution in [2.24, 2.45) is 4.99 Å². The van der Waals surface area contributed by atoms with Gasteiger partial charge in [-0.3, -0.25) is 14.0 Å². The summed E-state index contributed by atoms with van der Waals surface area (Å²) >= 11 is 0. The SMILES string of the molecule is CCNC(=NCCNC(=O)c1ccccc1O)NC1CCCC(S(=O)CC)C1.I. The smallest absolute Gasteiger partial charge is 0.255 e. The van der Waals surface area contributed by atoms with Crippen LogP contribution in [0.1, 0.15) is 49.9 Å². The van der Waals surface area contributed by atoms with Crippen LogP contribution in [-0.2, 0) is 10.8 Å². The Labute approximate surface area is 193 Å². The molecule has 1 aromatic rings. The van der Waals surface area contributed by atoms with E-state index in [1.807, 2.05) is 13.8 Å². The van der Waals surface area contributed by atoms with Crippen LogP contribution in [0.4, 0.5) is 0 Å². The summed E-state index contributed by atoms with van der Waals surface area (Å²) in [5.41, 5.74) is 0.258. The van der Waals surface area contributed by atoms with Gasteiger partial charge in [0.25, 0.3) is 5.91 Å². The number of aromatic hydroxyl groups is 1. The third-order valence-corrected chi connectivity index (χ3v) is 6.52. The largest absolute Gasteiger partial charge is 0.507 e. The molecule has 1 fully saturated rings. The van der Waals surface area contributed by atoms with Crippen LogP contribution >= 0.6 is 24.0 Å². The molecule has 0 bridgehead atoms. The van der Waals surface area contributed by atoms with E-state index in [-0.39, 0.29) is 52.5 Å². The van der Waals surface area contributed by atoms with Crippen LogP contribution in [0.3, 0.4) is 0 Å². The molecule has 9 heteroatoms. The number of phenols is 1. The molecule has 0 heterocycles. The van der Waals surface area contributed by atoms with Gasteiger partial charge < -0.3 is 21.1 Å². The summed E-state index contributed by atoms with van der Waals surface area (Å²) in [5.74, 6) is 1.08. The number of nitrogens with one attached hydrogen (secondary N) is 3. The van der Waals surface area contributed by atoms with Gasteiger partial charge in [0.1, 0.15) is 5.75 Å². The summed E-state index contributed by atoms with van der Waals surface area (Å²) in [7, 11) is -0.753. The molecule has 3 atom stereocenters. The number of nitrogens with zero attached hydrogens (tertiary/aromatic N) is 1. The lowest BCUT2D eigenvalue weighted by Gasteiger charge is -2.30. The lowest BCUT2D eigenvalue weighted by Crippen LogP contribution is -2.47. The van der Waals surface area contributed by atoms with Gasteiger partial charge in [-0.05, 0) is 38.3 Å². The van der Waals surface area contributed by atoms with Gasteiger partial charge in [-0.2, -0.15) is 0 Å². The van der Waals surface area contributed by atoms with Crippen molar-refractivity contribution in [2.45, 2.75) is 50.8 Å². The van der Waals surface area contributed by atoms with Gasteiger partial charge in [-0.25, -0.2) is 0 Å². The van der Waals surface area contributed by atoms with E-state index in [4.69, 9.17) is 0 Å². The fraction of sp³-hybridized carbons (Fsp3) is 0.600. The maximum absolute atomic E-state index is 12.1. The Morgan fingerprint density at radius 1 is 1.24 bits per heavy atom. The highest BCUT2D eigenvalue weighted by Crippen LogP contribution is 2.23. The molecule has 0 saturated heterocycles. The molecule has 0 spiro atoms. The standard InChI is InChI=1S/C20H32N4O3S.HI/c1-3-21-20(24-15-8-7-9-16(14-15)28(27)4-2)23-13-12-22-19(26)17-10-5-6-11-18(17)25;/h5-6,10-11,15-16,25H,3-4,7-9,12-14H2,1-2H3,(H,22,26)(H2,21,23,24);1H. The van der Waals surface area contributed by atoms with Gasteiger partial charge in [0.05, 0.1) is 12.1 Å². The topological polar surface area (TPSA) is 103 Å². The minimum Gasteiger partial charge on any atom is -0.507 e. The molecule has 1 aliphatic rings. The number of rotatable bonds is 8. The summed E-state index contributed by atoms with van der Waals surface area (Å²) in [5, 5.41) is 19.4. The maximum atomic E-state index is 12.1. The highest BCUT2D eigenvalue weighted by molar-refractivity contribution is 14.0. The van der Waals surface area contributed by atoms with E-state index in [9.17, 15) is 14.1 Å². The van der Waals surface area contributed by atoms with Crippen molar-refractivity contribution in [3.63, 3.8) is 0 Å². The number of amides is 1. The third-order valence-electron chi connectivity index (χ3n) is 4.78. The second-order valence-electron chi connectivity index (χ2n) is 6.83. The number of carbonyl (C=O) groups is 1. The third kappa shape index (κ3) is 8.49. The molecule has 4 N–H and O–H groups in total. The van der Waals surface area contributed by atoms with Crippen molar-refractivity contribution in [3.8, 4) is 5.75 Å². The molecular formula is C20H33IN4O3S. The molecular weight excluding hydrogens is 503 g/mol. The van der Waals surface area contributed by atoms with Crippen LogP contribution in [0.25, 0.3) is 0 Å². The first-order valence-electron chi connectivity index (χ1n) is 10.0. The normalized spacial score (nSPS) is 20.3. The predicted octanol–water partition coefficient (Wildman–Crippen LogP) is 2.37. The zero-order valence-corrected chi connectivity index (χ0v) is 20.3. The summed E-state index contributed by atoms with van der Waals surface area (Å²) < 4.78 is 12.1. The molecule has 1 aliphatic carbocycles. The van der Waals surface area contributed by atoms with E-state index in [0.29, 0.717) is 24.8 Å². The average Bonchev–Trinajstić information content (AvgIpc) is 2.71. The van der Waals surface area contributed by atoms with Crippen molar-refractivity contribution >= 4 is 46.6 Å². The first-order chi connectivity index (χ1) is 13.5. The van der Waals surface area contributed by atoms with Gasteiger partial charge in [0.2, 0.25) is 0 Å². The molecule has 0 aromatic heterocycles. The van der Waals surface area contributed by atoms with Gasteiger partial charge in [-0.15, -0.1) is 24.0 Å². The first-order valence-corrected chi connectivity index (χ1v) is 11.4. The fourth-order valence-corrected chi connectivity index (χ4v) is 4.71. The second-order valence-corrected chi connectivity index (χ2v) is 8.84. The molecule has 29 heavy (non-hydrogen) atoms. The molecule has 0 aliphatic heterocycles. The number of hydrogen-bond donors (Lipinski definition) is 4. The molecule has 0 radical (unpaired) electrons. The first kappa shape index (κ1) is 25.7. The van der Waals surface area contributed by atoms with E-state index in [2.05, 4.69) is 20.9 Å². The zero-order chi connectivity index (χ0) is 20.4. The Morgan fingerprint density at radius 3 is 2.69 bits per heavy atom. The molecule has 3 unspecified atom stereocenters. The molecule has 1 aromatic carbocycles. The second kappa shape index (κ2) is 13.8. The maximum Gasteiger partial charge on any atom is 0.255 e. The number of phenolic OH excluding ortho intramolecular Hbond substituents is 1. The Bertz CT molecular complexity index is 702. The van der Waals surface area contributed by atoms with E-state index < -0.39 is 10.8 Å². The number of para-hydroxylation sites is 1. The summed E-state index contributed by atoms with van der Waals surface area (Å²) in [6.07, 6.45) is 4.05. The van der Waals surface area contributed by atoms with Gasteiger partial charge in [0.15, 0.2) is 5.96 Å². The number of hydrogen-bond acceptors (Lipinski definition) is 4. The number of benzene rings is 1. The number of guanidine groups is 1. The number of aliphatic imine (C=N–C) groups is 1. The van der Waals surface area contributed by atoms with Crippen LogP contribution in [0.2, 0.25) is 0 Å². The van der Waals surface area contributed by atoms with Crippen molar-refractivity contribution in [1.29, 1.82) is 0 Å². The van der Waals surface area contributed by atoms with E-state index in [0.717, 1.165) is 32.2 Å². The highest BCUT2D eigenvalue weighted by Gasteiger charge is 2.26. The molecule has 7 nitrogen and oxygen atoms in total. The van der Waals surface area contributed by atoms with Crippen LogP contribution in [-0.4, -0.2) is 57.9 Å². The van der Waals surface area contributed by atoms with Crippen LogP contribution < -0.4 is 16.0 Å². The number of carbonyl (C=O) groups excluding carboxylic acids is 1. The lowest BCUT2D eigenvalue weighted by atomic mass is 9.95. The predicted molar refractivity (Wildman–Crippen MR) is 130 cm³/mol. The molecule has 2 rings (SSSR count). The average molecular weight is 536 g/mol. The molecule has 164 valence electrons. The zero-order valence-electron chi connectivity index (χ0n) is 17.1. The van der Waals surface area contributed by atoms with Crippen LogP contribution in [0, 0.1) is 0 Å². The minimum absolute atomic E-state index is 0. The van der Waals surface area contributed by atoms with Gasteiger partial charge in [-0.1, -0.05) is 25.5 Å².